The molecule has 1 aromatic rings. The summed E-state index contributed by atoms with van der Waals surface area (Å²) in [6.07, 6.45) is -0.954. The topological polar surface area (TPSA) is 101 Å². The molecule has 14 heavy (non-hydrogen) atoms. The van der Waals surface area contributed by atoms with Crippen molar-refractivity contribution in [3.05, 3.63) is 24.3 Å². The zero-order valence-corrected chi connectivity index (χ0v) is 7.54. The van der Waals surface area contributed by atoms with E-state index in [1.807, 2.05) is 0 Å². The minimum absolute atomic E-state index is 0.0764. The molecule has 0 aromatic heterocycles. The lowest BCUT2D eigenvalue weighted by molar-refractivity contribution is 0.0450. The summed E-state index contributed by atoms with van der Waals surface area (Å²) < 4.78 is 0. The van der Waals surface area contributed by atoms with Crippen LogP contribution in [0.3, 0.4) is 0 Å². The van der Waals surface area contributed by atoms with E-state index >= 15 is 0 Å². The Morgan fingerprint density at radius 3 is 1.43 bits per heavy atom. The summed E-state index contributed by atoms with van der Waals surface area (Å²) in [5.74, 6) is -0.153. The number of hydrogen-bond donors (Lipinski definition) is 5. The molecule has 5 N–H and O–H groups in total. The predicted molar refractivity (Wildman–Crippen MR) is 50.0 cm³/mol. The van der Waals surface area contributed by atoms with Crippen LogP contribution in [0.1, 0.15) is 0 Å². The van der Waals surface area contributed by atoms with E-state index in [2.05, 4.69) is 0 Å². The van der Waals surface area contributed by atoms with Gasteiger partial charge in [0, 0.05) is 0 Å². The highest BCUT2D eigenvalue weighted by Gasteiger charge is 1.93. The lowest BCUT2D eigenvalue weighted by atomic mass is 10.3. The second kappa shape index (κ2) is 7.14. The minimum atomic E-state index is -0.954. The second-order valence-electron chi connectivity index (χ2n) is 2.51. The third kappa shape index (κ3) is 5.36. The first-order valence-corrected chi connectivity index (χ1v) is 3.98. The molecule has 0 spiro atoms. The lowest BCUT2D eigenvalue weighted by Crippen LogP contribution is -2.15. The molecule has 5 nitrogen and oxygen atoms in total. The van der Waals surface area contributed by atoms with Gasteiger partial charge in [-0.3, -0.25) is 0 Å². The van der Waals surface area contributed by atoms with Gasteiger partial charge in [0.25, 0.3) is 0 Å². The molecule has 0 unspecified atom stereocenters. The zero-order valence-electron chi connectivity index (χ0n) is 7.54. The Kier molecular flexibility index (Phi) is 6.47. The van der Waals surface area contributed by atoms with Crippen LogP contribution in [-0.2, 0) is 0 Å². The van der Waals surface area contributed by atoms with Gasteiger partial charge in [-0.2, -0.15) is 0 Å². The zero-order chi connectivity index (χ0) is 11.0. The van der Waals surface area contributed by atoms with Crippen molar-refractivity contribution >= 4 is 0 Å². The van der Waals surface area contributed by atoms with Crippen LogP contribution in [0.2, 0.25) is 0 Å². The Morgan fingerprint density at radius 2 is 1.29 bits per heavy atom. The maximum Gasteiger partial charge on any atom is 0.157 e. The number of para-hydroxylation sites is 2. The van der Waals surface area contributed by atoms with Crippen LogP contribution in [0.15, 0.2) is 24.3 Å². The van der Waals surface area contributed by atoms with Gasteiger partial charge in [0.1, 0.15) is 6.10 Å². The van der Waals surface area contributed by atoms with Gasteiger partial charge in [0.15, 0.2) is 11.5 Å². The predicted octanol–water partition coefficient (Wildman–Crippen LogP) is -0.570. The van der Waals surface area contributed by atoms with Crippen molar-refractivity contribution in [2.75, 3.05) is 13.2 Å². The molecule has 0 fully saturated rings. The molecular weight excluding hydrogens is 188 g/mol. The van der Waals surface area contributed by atoms with Crippen molar-refractivity contribution in [2.24, 2.45) is 0 Å². The van der Waals surface area contributed by atoms with Crippen LogP contribution in [0.5, 0.6) is 11.5 Å². The average Bonchev–Trinajstić information content (AvgIpc) is 2.22. The standard InChI is InChI=1S/C6H6O2.C3H8O3/c7-5-3-1-2-4-6(5)8;4-1-3(6)2-5/h1-4,7-8H;3-6H,1-2H2. The first-order chi connectivity index (χ1) is 6.61. The summed E-state index contributed by atoms with van der Waals surface area (Å²) in [4.78, 5) is 0. The monoisotopic (exact) mass is 202 g/mol. The summed E-state index contributed by atoms with van der Waals surface area (Å²) >= 11 is 0. The molecule has 0 aliphatic rings. The van der Waals surface area contributed by atoms with Gasteiger partial charge in [0.05, 0.1) is 13.2 Å². The van der Waals surface area contributed by atoms with Crippen LogP contribution in [0, 0.1) is 0 Å². The van der Waals surface area contributed by atoms with Gasteiger partial charge in [0.2, 0.25) is 0 Å². The first kappa shape index (κ1) is 12.7. The third-order valence-corrected chi connectivity index (χ3v) is 1.30. The Labute approximate surface area is 81.5 Å². The number of phenols is 2. The molecule has 0 amide bonds. The van der Waals surface area contributed by atoms with Gasteiger partial charge >= 0.3 is 0 Å². The number of phenolic OH excluding ortho intramolecular Hbond substituents is 2. The van der Waals surface area contributed by atoms with E-state index in [-0.39, 0.29) is 24.7 Å². The molecule has 0 saturated carbocycles. The fourth-order valence-corrected chi connectivity index (χ4v) is 0.522. The molecule has 80 valence electrons. The highest BCUT2D eigenvalue weighted by Crippen LogP contribution is 2.21. The molecular formula is C9H14O5. The largest absolute Gasteiger partial charge is 0.504 e. The van der Waals surface area contributed by atoms with Crippen LogP contribution in [0.4, 0.5) is 0 Å². The molecule has 1 aromatic carbocycles. The number of benzene rings is 1. The van der Waals surface area contributed by atoms with Crippen LogP contribution in [-0.4, -0.2) is 44.9 Å². The maximum atomic E-state index is 8.67. The van der Waals surface area contributed by atoms with E-state index in [0.29, 0.717) is 0 Å². The molecule has 0 radical (unpaired) electrons. The fraction of sp³-hybridized carbons (Fsp3) is 0.333. The first-order valence-electron chi connectivity index (χ1n) is 3.98. The number of aliphatic hydroxyl groups is 3. The molecule has 1 rings (SSSR count). The van der Waals surface area contributed by atoms with Crippen LogP contribution in [0.25, 0.3) is 0 Å². The molecule has 0 heterocycles. The van der Waals surface area contributed by atoms with Crippen LogP contribution < -0.4 is 0 Å². The Balaban J connectivity index is 0.000000255. The number of rotatable bonds is 2. The van der Waals surface area contributed by atoms with Crippen molar-refractivity contribution in [2.45, 2.75) is 6.10 Å². The molecule has 0 aliphatic carbocycles. The van der Waals surface area contributed by atoms with Crippen molar-refractivity contribution < 1.29 is 25.5 Å². The maximum absolute atomic E-state index is 8.67. The van der Waals surface area contributed by atoms with Gasteiger partial charge in [-0.15, -0.1) is 0 Å². The molecule has 0 atom stereocenters. The highest BCUT2D eigenvalue weighted by molar-refractivity contribution is 5.36. The van der Waals surface area contributed by atoms with Crippen molar-refractivity contribution in [3.8, 4) is 11.5 Å². The van der Waals surface area contributed by atoms with E-state index in [4.69, 9.17) is 25.5 Å². The van der Waals surface area contributed by atoms with Crippen molar-refractivity contribution in [1.82, 2.24) is 0 Å². The van der Waals surface area contributed by atoms with Crippen molar-refractivity contribution in [1.29, 1.82) is 0 Å². The summed E-state index contributed by atoms with van der Waals surface area (Å²) in [5, 5.41) is 41.4. The van der Waals surface area contributed by atoms with Gasteiger partial charge < -0.3 is 25.5 Å². The van der Waals surface area contributed by atoms with E-state index in [1.165, 1.54) is 12.1 Å². The van der Waals surface area contributed by atoms with E-state index in [0.717, 1.165) is 0 Å². The Bertz CT molecular complexity index is 226. The summed E-state index contributed by atoms with van der Waals surface area (Å²) in [6.45, 7) is -0.729. The normalized spacial score (nSPS) is 9.43. The molecule has 0 bridgehead atoms. The molecule has 0 saturated heterocycles. The number of hydrogen-bond acceptors (Lipinski definition) is 5. The van der Waals surface area contributed by atoms with E-state index in [9.17, 15) is 0 Å². The number of aliphatic hydroxyl groups excluding tert-OH is 3. The Hall–Kier alpha value is -1.30. The minimum Gasteiger partial charge on any atom is -0.504 e. The summed E-state index contributed by atoms with van der Waals surface area (Å²) in [6, 6.07) is 6.15. The van der Waals surface area contributed by atoms with E-state index in [1.54, 1.807) is 12.1 Å². The summed E-state index contributed by atoms with van der Waals surface area (Å²) in [7, 11) is 0. The average molecular weight is 202 g/mol. The van der Waals surface area contributed by atoms with Gasteiger partial charge in [-0.25, -0.2) is 0 Å². The third-order valence-electron chi connectivity index (χ3n) is 1.30. The highest BCUT2D eigenvalue weighted by atomic mass is 16.3. The summed E-state index contributed by atoms with van der Waals surface area (Å²) in [5.41, 5.74) is 0. The second-order valence-corrected chi connectivity index (χ2v) is 2.51. The van der Waals surface area contributed by atoms with Crippen LogP contribution >= 0.6 is 0 Å². The quantitative estimate of drug-likeness (QED) is 0.413. The Morgan fingerprint density at radius 1 is 0.929 bits per heavy atom. The van der Waals surface area contributed by atoms with Crippen molar-refractivity contribution in [3.63, 3.8) is 0 Å². The number of aromatic hydroxyl groups is 2. The molecule has 5 heteroatoms. The van der Waals surface area contributed by atoms with E-state index < -0.39 is 6.10 Å². The van der Waals surface area contributed by atoms with Gasteiger partial charge in [-0.1, -0.05) is 12.1 Å². The SMILES string of the molecule is OCC(O)CO.Oc1ccccc1O. The van der Waals surface area contributed by atoms with Gasteiger partial charge in [-0.05, 0) is 12.1 Å². The fourth-order valence-electron chi connectivity index (χ4n) is 0.522. The smallest absolute Gasteiger partial charge is 0.157 e. The lowest BCUT2D eigenvalue weighted by Gasteiger charge is -1.96. The molecule has 0 aliphatic heterocycles.